The molecule has 71 heavy (non-hydrogen) atoms. The molecule has 0 bridgehead atoms. The van der Waals surface area contributed by atoms with E-state index in [4.69, 9.17) is 18.9 Å². The molecular formula is C50H36O21. The highest BCUT2D eigenvalue weighted by molar-refractivity contribution is 6.01. The fraction of sp³-hybridized carbons (Fsp3) is 0.160. The predicted molar refractivity (Wildman–Crippen MR) is 241 cm³/mol. The molecule has 0 amide bonds. The van der Waals surface area contributed by atoms with Gasteiger partial charge in [-0.3, -0.25) is 14.4 Å². The van der Waals surface area contributed by atoms with E-state index in [9.17, 15) is 85.6 Å². The van der Waals surface area contributed by atoms with Gasteiger partial charge < -0.3 is 85.3 Å². The second-order valence-electron chi connectivity index (χ2n) is 17.2. The molecule has 3 aliphatic rings. The Balaban J connectivity index is 1.12. The summed E-state index contributed by atoms with van der Waals surface area (Å²) in [6.45, 7) is 0. The molecule has 7 aromatic rings. The standard InChI is InChI=1S/C50H36O21/c51-18-5-28(54)25-13-35(61)48(69-37(25)8-18)23-11-33(59)45(65)41-21(23)1-16(3-31(57)43(41)63)47-40(15-27-30(56)7-20(53)10-39(27)68-47)71-50(67)17-2-22-24(12-34(60)46(66)42(22)44(64)32(58)4-17)49-36(62)14-26-29(55)6-19(52)9-38(26)70-49/h1-12,36,40,47-49,51-56,59-60,62,65-66H,13-15H2,(H,57,63)(H,58,64)/t36-,40-,47-,48+,49-/m1/s1. The Morgan fingerprint density at radius 3 is 1.58 bits per heavy atom. The van der Waals surface area contributed by atoms with E-state index >= 15 is 0 Å². The molecule has 3 heterocycles. The number of hydrogen-bond donors (Lipinski definition) is 13. The number of ketones is 1. The number of hydrogen-bond acceptors (Lipinski definition) is 21. The van der Waals surface area contributed by atoms with Crippen molar-refractivity contribution < 1.29 is 94.9 Å². The molecule has 362 valence electrons. The SMILES string of the molecule is O=C(O[C@@H]1Cc2c(O)cc(O)cc2O[C@@H]1c1cc(O)c(=O)c2c(O)c(O)cc([C@@H]3Oc4cc(O)cc(O)c4CC3=O)c2c1)c1cc(O)c(=O)c2c(O)c(O)cc([C@H]3Oc4cc(O)cc(O)c4C[C@H]3O)c2c1. The number of phenolic OH excluding ortho intramolecular Hbond substituents is 10. The third-order valence-electron chi connectivity index (χ3n) is 12.7. The Kier molecular flexibility index (Phi) is 10.4. The zero-order chi connectivity index (χ0) is 50.6. The zero-order valence-corrected chi connectivity index (χ0v) is 36.0. The zero-order valence-electron chi connectivity index (χ0n) is 36.0. The van der Waals surface area contributed by atoms with Gasteiger partial charge in [0.1, 0.15) is 57.8 Å². The summed E-state index contributed by atoms with van der Waals surface area (Å²) in [5.74, 6) is -11.5. The number of rotatable bonds is 5. The number of aliphatic hydroxyl groups excluding tert-OH is 1. The largest absolute Gasteiger partial charge is 0.508 e. The normalized spacial score (nSPS) is 19.1. The molecular weight excluding hydrogens is 937 g/mol. The Hall–Kier alpha value is -9.50. The van der Waals surface area contributed by atoms with Crippen molar-refractivity contribution in [1.82, 2.24) is 0 Å². The van der Waals surface area contributed by atoms with Crippen LogP contribution in [-0.2, 0) is 28.8 Å². The molecule has 21 heteroatoms. The van der Waals surface area contributed by atoms with Gasteiger partial charge in [0.15, 0.2) is 58.6 Å². The molecule has 0 unspecified atom stereocenters. The lowest BCUT2D eigenvalue weighted by Gasteiger charge is -2.34. The first-order chi connectivity index (χ1) is 33.7. The third kappa shape index (κ3) is 7.47. The summed E-state index contributed by atoms with van der Waals surface area (Å²) < 4.78 is 24.1. The maximum atomic E-state index is 14.6. The van der Waals surface area contributed by atoms with E-state index in [1.54, 1.807) is 0 Å². The van der Waals surface area contributed by atoms with Crippen molar-refractivity contribution in [2.45, 2.75) is 49.8 Å². The van der Waals surface area contributed by atoms with Crippen LogP contribution < -0.4 is 25.1 Å². The average Bonchev–Trinajstić information content (AvgIpc) is 3.52. The minimum absolute atomic E-state index is 0.00847. The summed E-state index contributed by atoms with van der Waals surface area (Å²) >= 11 is 0. The van der Waals surface area contributed by atoms with E-state index in [0.29, 0.717) is 6.07 Å². The van der Waals surface area contributed by atoms with Crippen molar-refractivity contribution in [2.75, 3.05) is 0 Å². The van der Waals surface area contributed by atoms with Crippen LogP contribution in [0.4, 0.5) is 0 Å². The number of aromatic hydroxyl groups is 12. The lowest BCUT2D eigenvalue weighted by molar-refractivity contribution is -0.126. The van der Waals surface area contributed by atoms with Gasteiger partial charge in [-0.25, -0.2) is 4.79 Å². The average molecular weight is 973 g/mol. The summed E-state index contributed by atoms with van der Waals surface area (Å²) in [5.41, 5.74) is -3.92. The number of Topliss-reactive ketones (excluding diaryl/α,β-unsaturated/α-hetero) is 1. The van der Waals surface area contributed by atoms with Crippen LogP contribution in [0.5, 0.6) is 86.2 Å². The molecule has 13 N–H and O–H groups in total. The van der Waals surface area contributed by atoms with Gasteiger partial charge in [-0.05, 0) is 47.2 Å². The van der Waals surface area contributed by atoms with E-state index in [-0.39, 0.29) is 67.8 Å². The summed E-state index contributed by atoms with van der Waals surface area (Å²) in [7, 11) is 0. The molecule has 21 nitrogen and oxygen atoms in total. The fourth-order valence-electron chi connectivity index (χ4n) is 9.35. The number of benzene rings is 5. The first-order valence-corrected chi connectivity index (χ1v) is 21.2. The first kappa shape index (κ1) is 45.3. The monoisotopic (exact) mass is 972 g/mol. The van der Waals surface area contributed by atoms with E-state index in [1.165, 1.54) is 0 Å². The quantitative estimate of drug-likeness (QED) is 0.0841. The van der Waals surface area contributed by atoms with Crippen molar-refractivity contribution in [3.05, 3.63) is 132 Å². The maximum Gasteiger partial charge on any atom is 0.338 e. The highest BCUT2D eigenvalue weighted by Gasteiger charge is 2.40. The second-order valence-corrected chi connectivity index (χ2v) is 17.2. The number of aliphatic hydroxyl groups is 1. The lowest BCUT2D eigenvalue weighted by Crippen LogP contribution is -2.34. The smallest absolute Gasteiger partial charge is 0.338 e. The van der Waals surface area contributed by atoms with Gasteiger partial charge >= 0.3 is 5.97 Å². The number of phenols is 10. The molecule has 0 spiro atoms. The fourth-order valence-corrected chi connectivity index (χ4v) is 9.35. The van der Waals surface area contributed by atoms with Crippen molar-refractivity contribution in [1.29, 1.82) is 0 Å². The van der Waals surface area contributed by atoms with Crippen LogP contribution >= 0.6 is 0 Å². The van der Waals surface area contributed by atoms with Crippen molar-refractivity contribution in [3.63, 3.8) is 0 Å². The Labute approximate surface area is 395 Å². The van der Waals surface area contributed by atoms with Crippen LogP contribution in [0.15, 0.2) is 82.4 Å². The third-order valence-corrected chi connectivity index (χ3v) is 12.7. The number of ether oxygens (including phenoxy) is 4. The van der Waals surface area contributed by atoms with Crippen molar-refractivity contribution >= 4 is 33.3 Å². The lowest BCUT2D eigenvalue weighted by atomic mass is 9.90. The van der Waals surface area contributed by atoms with Gasteiger partial charge in [-0.1, -0.05) is 0 Å². The Bertz CT molecular complexity index is 3650. The molecule has 7 aromatic carbocycles. The molecule has 10 rings (SSSR count). The van der Waals surface area contributed by atoms with E-state index in [2.05, 4.69) is 0 Å². The highest BCUT2D eigenvalue weighted by atomic mass is 16.6. The van der Waals surface area contributed by atoms with Crippen LogP contribution in [0.1, 0.15) is 62.1 Å². The summed E-state index contributed by atoms with van der Waals surface area (Å²) in [5, 5.41) is 138. The van der Waals surface area contributed by atoms with E-state index in [0.717, 1.165) is 66.7 Å². The molecule has 0 fully saturated rings. The highest BCUT2D eigenvalue weighted by Crippen LogP contribution is 2.49. The first-order valence-electron chi connectivity index (χ1n) is 21.2. The maximum absolute atomic E-state index is 14.6. The number of fused-ring (bicyclic) bond motifs is 5. The van der Waals surface area contributed by atoms with Gasteiger partial charge in [-0.2, -0.15) is 0 Å². The minimum Gasteiger partial charge on any atom is -0.508 e. The van der Waals surface area contributed by atoms with Gasteiger partial charge in [0.2, 0.25) is 10.9 Å². The number of esters is 1. The van der Waals surface area contributed by atoms with Crippen LogP contribution in [0, 0.1) is 0 Å². The van der Waals surface area contributed by atoms with Gasteiger partial charge in [0.05, 0.1) is 22.4 Å². The minimum atomic E-state index is -1.70. The van der Waals surface area contributed by atoms with Crippen molar-refractivity contribution in [2.24, 2.45) is 0 Å². The number of carbonyl (C=O) groups excluding carboxylic acids is 2. The molecule has 0 radical (unpaired) electrons. The Morgan fingerprint density at radius 2 is 0.986 bits per heavy atom. The molecule has 0 saturated heterocycles. The van der Waals surface area contributed by atoms with Crippen LogP contribution in [0.3, 0.4) is 0 Å². The summed E-state index contributed by atoms with van der Waals surface area (Å²) in [6, 6.07) is 11.7. The summed E-state index contributed by atoms with van der Waals surface area (Å²) in [4.78, 5) is 56.0. The van der Waals surface area contributed by atoms with Gasteiger partial charge in [0, 0.05) is 89.0 Å². The second kappa shape index (κ2) is 16.3. The number of carbonyl (C=O) groups is 2. The Morgan fingerprint density at radius 1 is 0.493 bits per heavy atom. The molecule has 5 atom stereocenters. The van der Waals surface area contributed by atoms with Crippen LogP contribution in [0.25, 0.3) is 21.5 Å². The van der Waals surface area contributed by atoms with Crippen LogP contribution in [0.2, 0.25) is 0 Å². The predicted octanol–water partition coefficient (Wildman–Crippen LogP) is 4.36. The van der Waals surface area contributed by atoms with Crippen LogP contribution in [-0.4, -0.2) is 90.3 Å². The van der Waals surface area contributed by atoms with E-state index in [1.807, 2.05) is 0 Å². The molecule has 0 saturated carbocycles. The van der Waals surface area contributed by atoms with Crippen molar-refractivity contribution in [3.8, 4) is 86.2 Å². The van der Waals surface area contributed by atoms with Gasteiger partial charge in [0.25, 0.3) is 0 Å². The topological polar surface area (TPSA) is 368 Å². The summed E-state index contributed by atoms with van der Waals surface area (Å²) in [6.07, 6.45) is -9.33. The molecule has 3 aliphatic heterocycles. The van der Waals surface area contributed by atoms with Gasteiger partial charge in [-0.15, -0.1) is 0 Å². The van der Waals surface area contributed by atoms with E-state index < -0.39 is 151 Å². The molecule has 0 aromatic heterocycles. The molecule has 0 aliphatic carbocycles.